The largest absolute Gasteiger partial charge is 0.377 e. The number of benzene rings is 1. The van der Waals surface area contributed by atoms with Gasteiger partial charge in [-0.3, -0.25) is 4.79 Å². The highest BCUT2D eigenvalue weighted by Crippen LogP contribution is 2.37. The van der Waals surface area contributed by atoms with Crippen LogP contribution < -0.4 is 11.1 Å². The summed E-state index contributed by atoms with van der Waals surface area (Å²) in [6, 6.07) is 12.4. The number of hydrogen-bond acceptors (Lipinski definition) is 4. The third kappa shape index (κ3) is 2.45. The third-order valence-corrected chi connectivity index (χ3v) is 5.45. The molecule has 2 bridgehead atoms. The van der Waals surface area contributed by atoms with E-state index in [-0.39, 0.29) is 12.1 Å². The highest BCUT2D eigenvalue weighted by Gasteiger charge is 2.41. The molecule has 6 heteroatoms. The Balaban J connectivity index is 1.60. The fourth-order valence-corrected chi connectivity index (χ4v) is 4.16. The lowest BCUT2D eigenvalue weighted by molar-refractivity contribution is 0.0997. The molecule has 2 aromatic heterocycles. The molecule has 2 aliphatic heterocycles. The van der Waals surface area contributed by atoms with Crippen molar-refractivity contribution in [1.82, 2.24) is 9.61 Å². The van der Waals surface area contributed by atoms with Crippen molar-refractivity contribution in [2.45, 2.75) is 37.5 Å². The van der Waals surface area contributed by atoms with Crippen LogP contribution in [0, 0.1) is 0 Å². The number of fused-ring (bicyclic) bond motifs is 3. The topological polar surface area (TPSA) is 81.7 Å². The first-order valence-electron chi connectivity index (χ1n) is 8.97. The molecule has 4 heterocycles. The van der Waals surface area contributed by atoms with E-state index in [4.69, 9.17) is 10.5 Å². The van der Waals surface area contributed by atoms with Crippen molar-refractivity contribution in [3.8, 4) is 11.1 Å². The van der Waals surface area contributed by atoms with Crippen molar-refractivity contribution in [2.24, 2.45) is 5.73 Å². The molecular weight excluding hydrogens is 328 g/mol. The summed E-state index contributed by atoms with van der Waals surface area (Å²) in [6.07, 6.45) is 7.20. The first-order chi connectivity index (χ1) is 12.7. The van der Waals surface area contributed by atoms with E-state index in [1.54, 1.807) is 10.7 Å². The maximum Gasteiger partial charge on any atom is 0.252 e. The molecule has 3 N–H and O–H groups in total. The normalized spacial score (nSPS) is 24.2. The standard InChI is InChI=1S/C20H20N4O2/c21-20(25)15-10-22-24-11-13(12-4-2-1-3-5-12)8-17(24)19(15)23-16-9-14-6-7-18(16)26-14/h1-5,8,10-11,14,16,18,23H,6-7,9H2,(H2,21,25). The number of nitrogens with zero attached hydrogens (tertiary/aromatic N) is 2. The lowest BCUT2D eigenvalue weighted by Gasteiger charge is -2.22. The molecule has 5 rings (SSSR count). The number of rotatable bonds is 4. The molecule has 2 fully saturated rings. The quantitative estimate of drug-likeness (QED) is 0.760. The summed E-state index contributed by atoms with van der Waals surface area (Å²) < 4.78 is 7.74. The molecule has 0 spiro atoms. The SMILES string of the molecule is NC(=O)c1cnn2cc(-c3ccccc3)cc2c1NC1CC2CCC1O2. The van der Waals surface area contributed by atoms with Crippen LogP contribution in [-0.4, -0.2) is 33.8 Å². The fourth-order valence-electron chi connectivity index (χ4n) is 4.16. The van der Waals surface area contributed by atoms with E-state index >= 15 is 0 Å². The predicted octanol–water partition coefficient (Wildman–Crippen LogP) is 2.83. The molecule has 132 valence electrons. The maximum absolute atomic E-state index is 12.0. The lowest BCUT2D eigenvalue weighted by atomic mass is 9.95. The van der Waals surface area contributed by atoms with Crippen molar-refractivity contribution in [1.29, 1.82) is 0 Å². The van der Waals surface area contributed by atoms with Crippen LogP contribution in [0.3, 0.4) is 0 Å². The number of ether oxygens (including phenoxy) is 1. The van der Waals surface area contributed by atoms with Gasteiger partial charge in [0.1, 0.15) is 0 Å². The van der Waals surface area contributed by atoms with E-state index in [0.717, 1.165) is 41.6 Å². The van der Waals surface area contributed by atoms with E-state index in [1.807, 2.05) is 30.5 Å². The number of nitrogens with two attached hydrogens (primary N) is 1. The molecule has 0 radical (unpaired) electrons. The minimum Gasteiger partial charge on any atom is -0.377 e. The van der Waals surface area contributed by atoms with Crippen LogP contribution in [-0.2, 0) is 4.74 Å². The van der Waals surface area contributed by atoms with E-state index in [9.17, 15) is 4.79 Å². The number of hydrogen-bond donors (Lipinski definition) is 2. The second kappa shape index (κ2) is 5.85. The van der Waals surface area contributed by atoms with Gasteiger partial charge in [-0.05, 0) is 30.9 Å². The Hall–Kier alpha value is -2.86. The zero-order valence-corrected chi connectivity index (χ0v) is 14.3. The molecule has 2 saturated heterocycles. The highest BCUT2D eigenvalue weighted by atomic mass is 16.5. The Kier molecular flexibility index (Phi) is 3.46. The Bertz CT molecular complexity index is 982. The fraction of sp³-hybridized carbons (Fsp3) is 0.300. The molecule has 3 aromatic rings. The van der Waals surface area contributed by atoms with Crippen molar-refractivity contribution in [2.75, 3.05) is 5.32 Å². The molecular formula is C20H20N4O2. The van der Waals surface area contributed by atoms with Gasteiger partial charge in [0.2, 0.25) is 0 Å². The second-order valence-electron chi connectivity index (χ2n) is 7.08. The molecule has 6 nitrogen and oxygen atoms in total. The van der Waals surface area contributed by atoms with Gasteiger partial charge >= 0.3 is 0 Å². The summed E-state index contributed by atoms with van der Waals surface area (Å²) >= 11 is 0. The number of carbonyl (C=O) groups excluding carboxylic acids is 1. The Morgan fingerprint density at radius 1 is 1.23 bits per heavy atom. The molecule has 26 heavy (non-hydrogen) atoms. The van der Waals surface area contributed by atoms with Gasteiger partial charge in [-0.25, -0.2) is 4.52 Å². The van der Waals surface area contributed by atoms with Gasteiger partial charge in [0.25, 0.3) is 5.91 Å². The van der Waals surface area contributed by atoms with Gasteiger partial charge in [-0.15, -0.1) is 0 Å². The van der Waals surface area contributed by atoms with E-state index < -0.39 is 5.91 Å². The summed E-state index contributed by atoms with van der Waals surface area (Å²) in [7, 11) is 0. The van der Waals surface area contributed by atoms with Gasteiger partial charge in [0.05, 0.1) is 41.2 Å². The van der Waals surface area contributed by atoms with Crippen LogP contribution >= 0.6 is 0 Å². The zero-order valence-electron chi connectivity index (χ0n) is 14.3. The molecule has 3 unspecified atom stereocenters. The van der Waals surface area contributed by atoms with Crippen LogP contribution in [0.25, 0.3) is 16.6 Å². The zero-order chi connectivity index (χ0) is 17.7. The summed E-state index contributed by atoms with van der Waals surface area (Å²) in [5.41, 5.74) is 9.78. The third-order valence-electron chi connectivity index (χ3n) is 5.45. The van der Waals surface area contributed by atoms with Gasteiger partial charge in [-0.1, -0.05) is 30.3 Å². The Morgan fingerprint density at radius 3 is 2.77 bits per heavy atom. The van der Waals surface area contributed by atoms with Gasteiger partial charge in [-0.2, -0.15) is 5.10 Å². The average molecular weight is 348 g/mol. The number of amides is 1. The maximum atomic E-state index is 12.0. The van der Waals surface area contributed by atoms with E-state index in [1.165, 1.54) is 0 Å². The van der Waals surface area contributed by atoms with Crippen LogP contribution in [0.2, 0.25) is 0 Å². The molecule has 1 aromatic carbocycles. The first-order valence-corrected chi connectivity index (χ1v) is 8.97. The highest BCUT2D eigenvalue weighted by molar-refractivity contribution is 6.02. The van der Waals surface area contributed by atoms with Crippen LogP contribution in [0.1, 0.15) is 29.6 Å². The van der Waals surface area contributed by atoms with Crippen molar-refractivity contribution in [3.05, 3.63) is 54.4 Å². The lowest BCUT2D eigenvalue weighted by Crippen LogP contribution is -2.32. The summed E-state index contributed by atoms with van der Waals surface area (Å²) in [4.78, 5) is 12.0. The van der Waals surface area contributed by atoms with Crippen LogP contribution in [0.5, 0.6) is 0 Å². The monoisotopic (exact) mass is 348 g/mol. The number of aromatic nitrogens is 2. The first kappa shape index (κ1) is 15.4. The van der Waals surface area contributed by atoms with Crippen LogP contribution in [0.15, 0.2) is 48.8 Å². The van der Waals surface area contributed by atoms with Gasteiger partial charge in [0.15, 0.2) is 0 Å². The van der Waals surface area contributed by atoms with Crippen molar-refractivity contribution in [3.63, 3.8) is 0 Å². The van der Waals surface area contributed by atoms with Crippen molar-refractivity contribution < 1.29 is 9.53 Å². The van der Waals surface area contributed by atoms with Gasteiger partial charge in [0, 0.05) is 11.8 Å². The number of carbonyl (C=O) groups is 1. The van der Waals surface area contributed by atoms with Crippen LogP contribution in [0.4, 0.5) is 5.69 Å². The van der Waals surface area contributed by atoms with Crippen molar-refractivity contribution >= 4 is 17.1 Å². The van der Waals surface area contributed by atoms with E-state index in [2.05, 4.69) is 22.5 Å². The number of primary amides is 1. The molecule has 0 saturated carbocycles. The molecule has 0 aliphatic carbocycles. The minimum atomic E-state index is -0.478. The van der Waals surface area contributed by atoms with Gasteiger partial charge < -0.3 is 15.8 Å². The number of anilines is 1. The smallest absolute Gasteiger partial charge is 0.252 e. The molecule has 3 atom stereocenters. The Labute approximate surface area is 151 Å². The Morgan fingerprint density at radius 2 is 2.08 bits per heavy atom. The predicted molar refractivity (Wildman–Crippen MR) is 99.1 cm³/mol. The second-order valence-corrected chi connectivity index (χ2v) is 7.08. The molecule has 1 amide bonds. The molecule has 2 aliphatic rings. The number of nitrogens with one attached hydrogen (secondary N) is 1. The summed E-state index contributed by atoms with van der Waals surface area (Å²) in [5.74, 6) is -0.478. The summed E-state index contributed by atoms with van der Waals surface area (Å²) in [6.45, 7) is 0. The average Bonchev–Trinajstić information content (AvgIpc) is 3.37. The van der Waals surface area contributed by atoms with E-state index in [0.29, 0.717) is 11.7 Å². The summed E-state index contributed by atoms with van der Waals surface area (Å²) in [5, 5.41) is 7.92. The minimum absolute atomic E-state index is 0.202.